The zero-order chi connectivity index (χ0) is 10.9. The number of aryl methyl sites for hydroxylation is 1. The van der Waals surface area contributed by atoms with Crippen LogP contribution in [0.1, 0.15) is 18.4 Å². The van der Waals surface area contributed by atoms with Crippen LogP contribution in [0.25, 0.3) is 0 Å². The number of hydrogen-bond donors (Lipinski definition) is 1. The number of nitrogens with zero attached hydrogens (tertiary/aromatic N) is 2. The predicted octanol–water partition coefficient (Wildman–Crippen LogP) is 2.75. The topological polar surface area (TPSA) is 37.8 Å². The SMILES string of the molecule is CSC1(CNc2nc(Cl)ncc2C)CC1. The Morgan fingerprint density at radius 1 is 1.60 bits per heavy atom. The normalized spacial score (nSPS) is 17.5. The van der Waals surface area contributed by atoms with Crippen molar-refractivity contribution in [3.05, 3.63) is 17.0 Å². The molecule has 0 amide bonds. The van der Waals surface area contributed by atoms with E-state index in [0.717, 1.165) is 17.9 Å². The first-order valence-electron chi connectivity index (χ1n) is 4.93. The highest BCUT2D eigenvalue weighted by Gasteiger charge is 2.41. The molecule has 0 bridgehead atoms. The summed E-state index contributed by atoms with van der Waals surface area (Å²) in [6, 6.07) is 0. The van der Waals surface area contributed by atoms with Crippen molar-refractivity contribution in [2.24, 2.45) is 0 Å². The summed E-state index contributed by atoms with van der Waals surface area (Å²) in [6.07, 6.45) is 6.49. The molecule has 0 saturated heterocycles. The molecule has 2 rings (SSSR count). The molecule has 3 nitrogen and oxygen atoms in total. The fourth-order valence-electron chi connectivity index (χ4n) is 1.44. The Morgan fingerprint density at radius 2 is 2.33 bits per heavy atom. The van der Waals surface area contributed by atoms with E-state index in [1.807, 2.05) is 18.7 Å². The van der Waals surface area contributed by atoms with Crippen molar-refractivity contribution >= 4 is 29.2 Å². The molecule has 5 heteroatoms. The van der Waals surface area contributed by atoms with Gasteiger partial charge in [-0.25, -0.2) is 9.97 Å². The summed E-state index contributed by atoms with van der Waals surface area (Å²) in [6.45, 7) is 2.94. The number of halogens is 1. The zero-order valence-electron chi connectivity index (χ0n) is 8.88. The molecular weight excluding hydrogens is 230 g/mol. The van der Waals surface area contributed by atoms with Gasteiger partial charge in [0.2, 0.25) is 5.28 Å². The third kappa shape index (κ3) is 2.55. The summed E-state index contributed by atoms with van der Waals surface area (Å²) in [4.78, 5) is 8.10. The van der Waals surface area contributed by atoms with Crippen molar-refractivity contribution in [2.75, 3.05) is 18.1 Å². The Bertz CT molecular complexity index is 366. The van der Waals surface area contributed by atoms with Gasteiger partial charge in [-0.15, -0.1) is 0 Å². The number of thioether (sulfide) groups is 1. The molecule has 1 saturated carbocycles. The van der Waals surface area contributed by atoms with E-state index >= 15 is 0 Å². The average molecular weight is 244 g/mol. The Balaban J connectivity index is 2.01. The quantitative estimate of drug-likeness (QED) is 0.826. The van der Waals surface area contributed by atoms with Gasteiger partial charge < -0.3 is 5.32 Å². The molecule has 0 atom stereocenters. The highest BCUT2D eigenvalue weighted by molar-refractivity contribution is 8.00. The second-order valence-corrected chi connectivity index (χ2v) is 5.52. The fourth-order valence-corrected chi connectivity index (χ4v) is 2.30. The number of anilines is 1. The van der Waals surface area contributed by atoms with Crippen LogP contribution in [0.2, 0.25) is 5.28 Å². The van der Waals surface area contributed by atoms with Gasteiger partial charge in [0.15, 0.2) is 0 Å². The Morgan fingerprint density at radius 3 is 2.93 bits per heavy atom. The van der Waals surface area contributed by atoms with Crippen molar-refractivity contribution in [2.45, 2.75) is 24.5 Å². The van der Waals surface area contributed by atoms with Gasteiger partial charge in [0.1, 0.15) is 5.82 Å². The standard InChI is InChI=1S/C10H14ClN3S/c1-7-5-12-9(11)14-8(7)13-6-10(15-2)3-4-10/h5H,3-4,6H2,1-2H3,(H,12,13,14). The van der Waals surface area contributed by atoms with Crippen LogP contribution < -0.4 is 5.32 Å². The van der Waals surface area contributed by atoms with E-state index in [4.69, 9.17) is 11.6 Å². The fraction of sp³-hybridized carbons (Fsp3) is 0.600. The first kappa shape index (κ1) is 11.0. The number of nitrogens with one attached hydrogen (secondary N) is 1. The van der Waals surface area contributed by atoms with Crippen LogP contribution in [0.15, 0.2) is 6.20 Å². The summed E-state index contributed by atoms with van der Waals surface area (Å²) in [5.74, 6) is 0.857. The molecule has 1 aromatic rings. The molecule has 1 aliphatic rings. The van der Waals surface area contributed by atoms with Crippen molar-refractivity contribution < 1.29 is 0 Å². The molecule has 1 fully saturated rings. The van der Waals surface area contributed by atoms with Gasteiger partial charge >= 0.3 is 0 Å². The van der Waals surface area contributed by atoms with Crippen molar-refractivity contribution in [1.82, 2.24) is 9.97 Å². The Hall–Kier alpha value is -0.480. The van der Waals surface area contributed by atoms with Gasteiger partial charge in [0, 0.05) is 23.1 Å². The Labute approximate surface area is 99.0 Å². The lowest BCUT2D eigenvalue weighted by Crippen LogP contribution is -2.18. The highest BCUT2D eigenvalue weighted by Crippen LogP contribution is 2.47. The largest absolute Gasteiger partial charge is 0.368 e. The maximum absolute atomic E-state index is 5.75. The van der Waals surface area contributed by atoms with Gasteiger partial charge in [-0.1, -0.05) is 0 Å². The van der Waals surface area contributed by atoms with E-state index in [1.54, 1.807) is 6.20 Å². The first-order chi connectivity index (χ1) is 7.15. The van der Waals surface area contributed by atoms with E-state index in [1.165, 1.54) is 12.8 Å². The number of hydrogen-bond acceptors (Lipinski definition) is 4. The average Bonchev–Trinajstić information content (AvgIpc) is 3.00. The maximum atomic E-state index is 5.75. The molecule has 0 aliphatic heterocycles. The molecule has 0 spiro atoms. The van der Waals surface area contributed by atoms with Crippen molar-refractivity contribution in [3.63, 3.8) is 0 Å². The van der Waals surface area contributed by atoms with Gasteiger partial charge in [-0.3, -0.25) is 0 Å². The molecular formula is C10H14ClN3S. The summed E-state index contributed by atoms with van der Waals surface area (Å²) >= 11 is 7.68. The summed E-state index contributed by atoms with van der Waals surface area (Å²) in [5.41, 5.74) is 1.04. The molecule has 0 radical (unpaired) electrons. The zero-order valence-corrected chi connectivity index (χ0v) is 10.5. The second kappa shape index (κ2) is 4.18. The number of rotatable bonds is 4. The minimum absolute atomic E-state index is 0.303. The van der Waals surface area contributed by atoms with Crippen LogP contribution in [0.5, 0.6) is 0 Å². The van der Waals surface area contributed by atoms with Crippen LogP contribution in [0.4, 0.5) is 5.82 Å². The van der Waals surface area contributed by atoms with E-state index in [2.05, 4.69) is 21.5 Å². The first-order valence-corrected chi connectivity index (χ1v) is 6.54. The molecule has 1 aromatic heterocycles. The lowest BCUT2D eigenvalue weighted by Gasteiger charge is -2.14. The molecule has 1 heterocycles. The molecule has 15 heavy (non-hydrogen) atoms. The van der Waals surface area contributed by atoms with Gasteiger partial charge in [-0.05, 0) is 37.6 Å². The highest BCUT2D eigenvalue weighted by atomic mass is 35.5. The lowest BCUT2D eigenvalue weighted by molar-refractivity contribution is 0.933. The summed E-state index contributed by atoms with van der Waals surface area (Å²) in [7, 11) is 0. The minimum atomic E-state index is 0.303. The van der Waals surface area contributed by atoms with Crippen molar-refractivity contribution in [3.8, 4) is 0 Å². The second-order valence-electron chi connectivity index (χ2n) is 3.91. The van der Waals surface area contributed by atoms with E-state index in [0.29, 0.717) is 10.0 Å². The minimum Gasteiger partial charge on any atom is -0.368 e. The van der Waals surface area contributed by atoms with Crippen LogP contribution in [0, 0.1) is 6.92 Å². The van der Waals surface area contributed by atoms with Gasteiger partial charge in [0.05, 0.1) is 0 Å². The van der Waals surface area contributed by atoms with E-state index in [-0.39, 0.29) is 0 Å². The smallest absolute Gasteiger partial charge is 0.224 e. The van der Waals surface area contributed by atoms with Gasteiger partial charge in [-0.2, -0.15) is 11.8 Å². The summed E-state index contributed by atoms with van der Waals surface area (Å²) < 4.78 is 0.434. The summed E-state index contributed by atoms with van der Waals surface area (Å²) in [5, 5.41) is 3.65. The number of aromatic nitrogens is 2. The molecule has 82 valence electrons. The van der Waals surface area contributed by atoms with Crippen LogP contribution in [-0.4, -0.2) is 27.5 Å². The molecule has 1 N–H and O–H groups in total. The molecule has 1 aliphatic carbocycles. The van der Waals surface area contributed by atoms with Crippen LogP contribution >= 0.6 is 23.4 Å². The van der Waals surface area contributed by atoms with Crippen LogP contribution in [-0.2, 0) is 0 Å². The van der Waals surface area contributed by atoms with E-state index < -0.39 is 0 Å². The van der Waals surface area contributed by atoms with Crippen LogP contribution in [0.3, 0.4) is 0 Å². The van der Waals surface area contributed by atoms with Gasteiger partial charge in [0.25, 0.3) is 0 Å². The lowest BCUT2D eigenvalue weighted by atomic mass is 10.3. The van der Waals surface area contributed by atoms with E-state index in [9.17, 15) is 0 Å². The molecule has 0 aromatic carbocycles. The van der Waals surface area contributed by atoms with Crippen molar-refractivity contribution in [1.29, 1.82) is 0 Å². The maximum Gasteiger partial charge on any atom is 0.224 e. The third-order valence-electron chi connectivity index (χ3n) is 2.76. The Kier molecular flexibility index (Phi) is 3.07. The predicted molar refractivity (Wildman–Crippen MR) is 65.7 cm³/mol. The monoisotopic (exact) mass is 243 g/mol. The molecule has 0 unspecified atom stereocenters. The third-order valence-corrected chi connectivity index (χ3v) is 4.36.